The van der Waals surface area contributed by atoms with E-state index in [1.807, 2.05) is 7.11 Å². The number of nitrogens with zero attached hydrogens (tertiary/aromatic N) is 1. The van der Waals surface area contributed by atoms with Gasteiger partial charge >= 0.3 is 5.97 Å². The summed E-state index contributed by atoms with van der Waals surface area (Å²) in [5.41, 5.74) is 4.00. The van der Waals surface area contributed by atoms with Crippen LogP contribution in [-0.2, 0) is 19.7 Å². The van der Waals surface area contributed by atoms with Gasteiger partial charge in [0, 0.05) is 31.1 Å². The number of hydrogen-bond acceptors (Lipinski definition) is 5. The zero-order valence-corrected chi connectivity index (χ0v) is 16.4. The van der Waals surface area contributed by atoms with Gasteiger partial charge in [-0.2, -0.15) is 0 Å². The van der Waals surface area contributed by atoms with E-state index in [1.165, 1.54) is 19.1 Å². The summed E-state index contributed by atoms with van der Waals surface area (Å²) in [6.07, 6.45) is 4.19. The van der Waals surface area contributed by atoms with Gasteiger partial charge < -0.3 is 14.8 Å². The van der Waals surface area contributed by atoms with Gasteiger partial charge in [0.05, 0.1) is 24.2 Å². The van der Waals surface area contributed by atoms with Crippen molar-refractivity contribution >= 4 is 11.7 Å². The SMILES string of the molecule is CC[C@@]12CCCN3C[C@H](OC)[C@@]4(C(=C(C(=O)OC)C1)Nc1ccccc14)[C@@H]32. The number of esters is 1. The first-order chi connectivity index (χ1) is 13.1. The molecule has 4 atom stereocenters. The van der Waals surface area contributed by atoms with E-state index in [-0.39, 0.29) is 22.9 Å². The van der Waals surface area contributed by atoms with Crippen LogP contribution < -0.4 is 5.32 Å². The highest BCUT2D eigenvalue weighted by Crippen LogP contribution is 2.65. The van der Waals surface area contributed by atoms with E-state index >= 15 is 0 Å². The first-order valence-corrected chi connectivity index (χ1v) is 10.1. The number of rotatable bonds is 3. The third-order valence-electron chi connectivity index (χ3n) is 7.70. The van der Waals surface area contributed by atoms with E-state index in [0.29, 0.717) is 6.04 Å². The Kier molecular flexibility index (Phi) is 3.72. The Morgan fingerprint density at radius 2 is 2.15 bits per heavy atom. The van der Waals surface area contributed by atoms with Crippen molar-refractivity contribution in [3.63, 3.8) is 0 Å². The number of carbonyl (C=O) groups is 1. The molecule has 1 aromatic rings. The fraction of sp³-hybridized carbons (Fsp3) is 0.591. The molecule has 1 N–H and O–H groups in total. The number of benzene rings is 1. The molecule has 0 saturated carbocycles. The lowest BCUT2D eigenvalue weighted by molar-refractivity contribution is -0.137. The summed E-state index contributed by atoms with van der Waals surface area (Å²) in [4.78, 5) is 15.5. The van der Waals surface area contributed by atoms with Crippen molar-refractivity contribution in [3.05, 3.63) is 41.1 Å². The van der Waals surface area contributed by atoms with Gasteiger partial charge in [0.1, 0.15) is 0 Å². The Balaban J connectivity index is 1.85. The summed E-state index contributed by atoms with van der Waals surface area (Å²) in [7, 11) is 3.31. The Labute approximate surface area is 160 Å². The molecular formula is C22H28N2O3. The fourth-order valence-electron chi connectivity index (χ4n) is 6.74. The van der Waals surface area contributed by atoms with Gasteiger partial charge in [-0.3, -0.25) is 4.90 Å². The molecule has 0 unspecified atom stereocenters. The maximum atomic E-state index is 12.9. The molecule has 1 spiro atoms. The molecule has 144 valence electrons. The Morgan fingerprint density at radius 1 is 1.33 bits per heavy atom. The minimum atomic E-state index is -0.316. The normalized spacial score (nSPS) is 36.7. The lowest BCUT2D eigenvalue weighted by Gasteiger charge is -2.56. The van der Waals surface area contributed by atoms with Crippen LogP contribution in [0.2, 0.25) is 0 Å². The number of anilines is 1. The zero-order chi connectivity index (χ0) is 18.8. The van der Waals surface area contributed by atoms with Crippen LogP contribution in [-0.4, -0.2) is 50.3 Å². The molecule has 3 heterocycles. The second kappa shape index (κ2) is 5.82. The van der Waals surface area contributed by atoms with Crippen LogP contribution in [0, 0.1) is 5.41 Å². The third kappa shape index (κ3) is 1.94. The van der Waals surface area contributed by atoms with Crippen molar-refractivity contribution in [2.45, 2.75) is 50.2 Å². The van der Waals surface area contributed by atoms with Crippen LogP contribution >= 0.6 is 0 Å². The third-order valence-corrected chi connectivity index (χ3v) is 7.70. The molecule has 2 saturated heterocycles. The molecule has 0 bridgehead atoms. The molecule has 0 amide bonds. The first kappa shape index (κ1) is 17.3. The topological polar surface area (TPSA) is 50.8 Å². The van der Waals surface area contributed by atoms with E-state index in [9.17, 15) is 4.79 Å². The quantitative estimate of drug-likeness (QED) is 0.831. The van der Waals surface area contributed by atoms with Crippen molar-refractivity contribution in [1.82, 2.24) is 4.90 Å². The average molecular weight is 368 g/mol. The monoisotopic (exact) mass is 368 g/mol. The van der Waals surface area contributed by atoms with Crippen molar-refractivity contribution in [2.75, 3.05) is 32.6 Å². The molecule has 5 nitrogen and oxygen atoms in total. The van der Waals surface area contributed by atoms with Crippen LogP contribution in [0.1, 0.15) is 38.2 Å². The summed E-state index contributed by atoms with van der Waals surface area (Å²) < 4.78 is 11.4. The van der Waals surface area contributed by atoms with Gasteiger partial charge in [0.2, 0.25) is 0 Å². The van der Waals surface area contributed by atoms with Gasteiger partial charge in [0.25, 0.3) is 0 Å². The molecule has 1 aromatic carbocycles. The number of methoxy groups -OCH3 is 2. The largest absolute Gasteiger partial charge is 0.466 e. The highest BCUT2D eigenvalue weighted by Gasteiger charge is 2.70. The second-order valence-corrected chi connectivity index (χ2v) is 8.50. The second-order valence-electron chi connectivity index (χ2n) is 8.50. The van der Waals surface area contributed by atoms with Crippen molar-refractivity contribution in [3.8, 4) is 0 Å². The summed E-state index contributed by atoms with van der Waals surface area (Å²) in [6, 6.07) is 8.86. The highest BCUT2D eigenvalue weighted by atomic mass is 16.5. The zero-order valence-electron chi connectivity index (χ0n) is 16.4. The maximum absolute atomic E-state index is 12.9. The smallest absolute Gasteiger partial charge is 0.335 e. The van der Waals surface area contributed by atoms with Gasteiger partial charge in [-0.25, -0.2) is 4.79 Å². The number of carbonyl (C=O) groups excluding carboxylic acids is 1. The molecule has 2 fully saturated rings. The van der Waals surface area contributed by atoms with Gasteiger partial charge in [0.15, 0.2) is 0 Å². The first-order valence-electron chi connectivity index (χ1n) is 10.1. The predicted molar refractivity (Wildman–Crippen MR) is 104 cm³/mol. The van der Waals surface area contributed by atoms with Crippen LogP contribution in [0.4, 0.5) is 5.69 Å². The van der Waals surface area contributed by atoms with Crippen LogP contribution in [0.15, 0.2) is 35.5 Å². The lowest BCUT2D eigenvalue weighted by atomic mass is 9.53. The van der Waals surface area contributed by atoms with Crippen molar-refractivity contribution in [1.29, 1.82) is 0 Å². The maximum Gasteiger partial charge on any atom is 0.335 e. The van der Waals surface area contributed by atoms with Gasteiger partial charge in [-0.05, 0) is 49.3 Å². The van der Waals surface area contributed by atoms with E-state index in [4.69, 9.17) is 9.47 Å². The van der Waals surface area contributed by atoms with Crippen molar-refractivity contribution < 1.29 is 14.3 Å². The molecule has 5 heteroatoms. The lowest BCUT2D eigenvalue weighted by Crippen LogP contribution is -2.61. The number of hydrogen-bond donors (Lipinski definition) is 1. The van der Waals surface area contributed by atoms with Gasteiger partial charge in [-0.1, -0.05) is 25.1 Å². The van der Waals surface area contributed by atoms with Gasteiger partial charge in [-0.15, -0.1) is 0 Å². The Bertz CT molecular complexity index is 835. The number of ether oxygens (including phenoxy) is 2. The van der Waals surface area contributed by atoms with E-state index in [1.54, 1.807) is 0 Å². The molecule has 0 radical (unpaired) electrons. The summed E-state index contributed by atoms with van der Waals surface area (Å²) in [5, 5.41) is 3.63. The molecule has 5 rings (SSSR count). The van der Waals surface area contributed by atoms with Crippen LogP contribution in [0.5, 0.6) is 0 Å². The minimum absolute atomic E-state index is 0.0256. The molecule has 4 aliphatic rings. The average Bonchev–Trinajstić information content (AvgIpc) is 3.24. The van der Waals surface area contributed by atoms with E-state index in [0.717, 1.165) is 49.3 Å². The summed E-state index contributed by atoms with van der Waals surface area (Å²) in [6.45, 7) is 4.30. The summed E-state index contributed by atoms with van der Waals surface area (Å²) in [5.74, 6) is -0.199. The van der Waals surface area contributed by atoms with Crippen LogP contribution in [0.3, 0.4) is 0 Å². The fourth-order valence-corrected chi connectivity index (χ4v) is 6.74. The number of nitrogens with one attached hydrogen (secondary N) is 1. The number of para-hydroxylation sites is 1. The minimum Gasteiger partial charge on any atom is -0.466 e. The Hall–Kier alpha value is -1.85. The Morgan fingerprint density at radius 3 is 2.89 bits per heavy atom. The van der Waals surface area contributed by atoms with Crippen LogP contribution in [0.25, 0.3) is 0 Å². The molecule has 0 aromatic heterocycles. The number of fused-ring (bicyclic) bond motifs is 1. The molecular weight excluding hydrogens is 340 g/mol. The molecule has 1 aliphatic carbocycles. The standard InChI is InChI=1S/C22H28N2O3/c1-4-21-10-7-11-24-13-17(26-2)22(20(21)24)15-8-5-6-9-16(15)23-18(22)14(12-21)19(25)27-3/h5-6,8-9,17,20,23H,4,7,10-13H2,1-3H3/t17-,20-,21+,22-/m0/s1. The summed E-state index contributed by atoms with van der Waals surface area (Å²) >= 11 is 0. The molecule has 27 heavy (non-hydrogen) atoms. The predicted octanol–water partition coefficient (Wildman–Crippen LogP) is 3.07. The van der Waals surface area contributed by atoms with E-state index < -0.39 is 0 Å². The highest BCUT2D eigenvalue weighted by molar-refractivity contribution is 5.93. The van der Waals surface area contributed by atoms with E-state index in [2.05, 4.69) is 41.4 Å². The van der Waals surface area contributed by atoms with Crippen molar-refractivity contribution in [2.24, 2.45) is 5.41 Å². The number of piperidine rings is 1. The molecule has 3 aliphatic heterocycles.